The molecule has 118 valence electrons. The van der Waals surface area contributed by atoms with Gasteiger partial charge < -0.3 is 16.0 Å². The molecule has 0 fully saturated rings. The van der Waals surface area contributed by atoms with Gasteiger partial charge in [0.05, 0.1) is 4.47 Å². The lowest BCUT2D eigenvalue weighted by molar-refractivity contribution is -0.122. The molecule has 0 bridgehead atoms. The van der Waals surface area contributed by atoms with Crippen LogP contribution in [0.3, 0.4) is 0 Å². The van der Waals surface area contributed by atoms with Gasteiger partial charge in [0, 0.05) is 31.2 Å². The summed E-state index contributed by atoms with van der Waals surface area (Å²) in [5, 5.41) is 9.20. The number of nitrogens with zero attached hydrogens (tertiary/aromatic N) is 2. The minimum atomic E-state index is -0.205. The monoisotopic (exact) mass is 357 g/mol. The van der Waals surface area contributed by atoms with Crippen molar-refractivity contribution in [2.45, 2.75) is 46.1 Å². The number of amides is 1. The van der Waals surface area contributed by atoms with Gasteiger partial charge in [-0.2, -0.15) is 4.98 Å². The van der Waals surface area contributed by atoms with Crippen LogP contribution in [-0.2, 0) is 4.79 Å². The third-order valence-electron chi connectivity index (χ3n) is 2.44. The number of nitrogens with one attached hydrogen (secondary N) is 3. The summed E-state index contributed by atoms with van der Waals surface area (Å²) in [7, 11) is 0. The molecule has 1 rings (SSSR count). The molecular weight excluding hydrogens is 334 g/mol. The molecule has 21 heavy (non-hydrogen) atoms. The van der Waals surface area contributed by atoms with Crippen LogP contribution in [0.1, 0.15) is 40.5 Å². The van der Waals surface area contributed by atoms with Crippen molar-refractivity contribution >= 4 is 33.6 Å². The molecule has 0 saturated carbocycles. The first-order valence-electron chi connectivity index (χ1n) is 7.13. The average Bonchev–Trinajstić information content (AvgIpc) is 2.37. The number of carbonyl (C=O) groups excluding carboxylic acids is 1. The Hall–Kier alpha value is -1.37. The topological polar surface area (TPSA) is 78.9 Å². The minimum Gasteiger partial charge on any atom is -0.368 e. The van der Waals surface area contributed by atoms with Crippen LogP contribution < -0.4 is 16.0 Å². The second-order valence-corrected chi connectivity index (χ2v) is 6.65. The molecular formula is C14H24BrN5O. The Balaban J connectivity index is 2.49. The molecule has 0 saturated heterocycles. The molecule has 3 N–H and O–H groups in total. The fourth-order valence-corrected chi connectivity index (χ4v) is 1.92. The van der Waals surface area contributed by atoms with Crippen LogP contribution in [0.2, 0.25) is 0 Å². The molecule has 0 aromatic carbocycles. The van der Waals surface area contributed by atoms with Crippen molar-refractivity contribution in [3.63, 3.8) is 0 Å². The molecule has 0 atom stereocenters. The van der Waals surface area contributed by atoms with Crippen LogP contribution >= 0.6 is 15.9 Å². The SMILES string of the molecule is CCCNc1ncc(Br)c(NCCC(=O)NC(C)(C)C)n1. The van der Waals surface area contributed by atoms with E-state index in [1.165, 1.54) is 0 Å². The highest BCUT2D eigenvalue weighted by Crippen LogP contribution is 2.20. The minimum absolute atomic E-state index is 0.0181. The van der Waals surface area contributed by atoms with Gasteiger partial charge >= 0.3 is 0 Å². The van der Waals surface area contributed by atoms with Gasteiger partial charge in [0.1, 0.15) is 5.82 Å². The number of carbonyl (C=O) groups is 1. The van der Waals surface area contributed by atoms with Gasteiger partial charge in [0.25, 0.3) is 0 Å². The van der Waals surface area contributed by atoms with Gasteiger partial charge in [0.15, 0.2) is 0 Å². The summed E-state index contributed by atoms with van der Waals surface area (Å²) < 4.78 is 0.778. The van der Waals surface area contributed by atoms with E-state index in [4.69, 9.17) is 0 Å². The van der Waals surface area contributed by atoms with Crippen molar-refractivity contribution < 1.29 is 4.79 Å². The van der Waals surface area contributed by atoms with Gasteiger partial charge in [-0.15, -0.1) is 0 Å². The van der Waals surface area contributed by atoms with Crippen LogP contribution in [-0.4, -0.2) is 34.5 Å². The zero-order valence-corrected chi connectivity index (χ0v) is 14.7. The number of anilines is 2. The van der Waals surface area contributed by atoms with Gasteiger partial charge in [-0.05, 0) is 43.1 Å². The summed E-state index contributed by atoms with van der Waals surface area (Å²) in [6.45, 7) is 9.32. The molecule has 0 unspecified atom stereocenters. The van der Waals surface area contributed by atoms with Gasteiger partial charge in [-0.3, -0.25) is 4.79 Å². The second kappa shape index (κ2) is 8.17. The maximum Gasteiger partial charge on any atom is 0.224 e. The van der Waals surface area contributed by atoms with Crippen LogP contribution in [0.15, 0.2) is 10.7 Å². The molecule has 1 heterocycles. The number of rotatable bonds is 7. The highest BCUT2D eigenvalue weighted by Gasteiger charge is 2.13. The fraction of sp³-hybridized carbons (Fsp3) is 0.643. The van der Waals surface area contributed by atoms with Crippen LogP contribution in [0, 0.1) is 0 Å². The number of halogens is 1. The third-order valence-corrected chi connectivity index (χ3v) is 3.02. The molecule has 0 aliphatic rings. The lowest BCUT2D eigenvalue weighted by Gasteiger charge is -2.20. The van der Waals surface area contributed by atoms with E-state index in [-0.39, 0.29) is 11.4 Å². The van der Waals surface area contributed by atoms with Crippen LogP contribution in [0.5, 0.6) is 0 Å². The highest BCUT2D eigenvalue weighted by atomic mass is 79.9. The molecule has 0 spiro atoms. The quantitative estimate of drug-likeness (QED) is 0.699. The van der Waals surface area contributed by atoms with E-state index >= 15 is 0 Å². The molecule has 0 radical (unpaired) electrons. The Morgan fingerprint density at radius 2 is 2.00 bits per heavy atom. The number of aromatic nitrogens is 2. The van der Waals surface area contributed by atoms with Gasteiger partial charge in [-0.1, -0.05) is 6.92 Å². The molecule has 7 heteroatoms. The summed E-state index contributed by atoms with van der Waals surface area (Å²) in [5.74, 6) is 1.29. The first-order chi connectivity index (χ1) is 9.81. The smallest absolute Gasteiger partial charge is 0.224 e. The van der Waals surface area contributed by atoms with Crippen LogP contribution in [0.4, 0.5) is 11.8 Å². The standard InChI is InChI=1S/C14H24BrN5O/c1-5-7-17-13-18-9-10(15)12(19-13)16-8-6-11(21)20-14(2,3)4/h9H,5-8H2,1-4H3,(H,20,21)(H2,16,17,18,19). The number of hydrogen-bond donors (Lipinski definition) is 3. The molecule has 0 aliphatic heterocycles. The predicted molar refractivity (Wildman–Crippen MR) is 89.5 cm³/mol. The molecule has 6 nitrogen and oxygen atoms in total. The second-order valence-electron chi connectivity index (χ2n) is 5.79. The van der Waals surface area contributed by atoms with Gasteiger partial charge in [-0.25, -0.2) is 4.98 Å². The number of hydrogen-bond acceptors (Lipinski definition) is 5. The van der Waals surface area contributed by atoms with E-state index in [1.807, 2.05) is 20.8 Å². The summed E-state index contributed by atoms with van der Waals surface area (Å²) in [5.41, 5.74) is -0.205. The molecule has 1 aromatic rings. The van der Waals surface area contributed by atoms with Crippen molar-refractivity contribution in [3.05, 3.63) is 10.7 Å². The lowest BCUT2D eigenvalue weighted by Crippen LogP contribution is -2.41. The highest BCUT2D eigenvalue weighted by molar-refractivity contribution is 9.10. The zero-order chi connectivity index (χ0) is 15.9. The summed E-state index contributed by atoms with van der Waals surface area (Å²) in [6.07, 6.45) is 3.10. The Labute approximate surface area is 134 Å². The fourth-order valence-electron chi connectivity index (χ4n) is 1.59. The largest absolute Gasteiger partial charge is 0.368 e. The maximum atomic E-state index is 11.7. The Bertz CT molecular complexity index is 473. The van der Waals surface area contributed by atoms with Crippen molar-refractivity contribution in [1.82, 2.24) is 15.3 Å². The summed E-state index contributed by atoms with van der Waals surface area (Å²) >= 11 is 3.40. The van der Waals surface area contributed by atoms with Crippen molar-refractivity contribution in [2.24, 2.45) is 0 Å². The van der Waals surface area contributed by atoms with E-state index in [0.29, 0.717) is 24.7 Å². The maximum absolute atomic E-state index is 11.7. The molecule has 1 aromatic heterocycles. The third kappa shape index (κ3) is 7.27. The summed E-state index contributed by atoms with van der Waals surface area (Å²) in [6, 6.07) is 0. The van der Waals surface area contributed by atoms with E-state index in [1.54, 1.807) is 6.20 Å². The van der Waals surface area contributed by atoms with Gasteiger partial charge in [0.2, 0.25) is 11.9 Å². The van der Waals surface area contributed by atoms with Crippen molar-refractivity contribution in [1.29, 1.82) is 0 Å². The average molecular weight is 358 g/mol. The Morgan fingerprint density at radius 3 is 2.62 bits per heavy atom. The Kier molecular flexibility index (Phi) is 6.87. The predicted octanol–water partition coefficient (Wildman–Crippen LogP) is 2.78. The summed E-state index contributed by atoms with van der Waals surface area (Å²) in [4.78, 5) is 20.3. The van der Waals surface area contributed by atoms with E-state index in [2.05, 4.69) is 48.8 Å². The van der Waals surface area contributed by atoms with Crippen LogP contribution in [0.25, 0.3) is 0 Å². The zero-order valence-electron chi connectivity index (χ0n) is 13.1. The molecule has 1 amide bonds. The first kappa shape index (κ1) is 17.7. The van der Waals surface area contributed by atoms with E-state index in [9.17, 15) is 4.79 Å². The molecule has 0 aliphatic carbocycles. The van der Waals surface area contributed by atoms with E-state index in [0.717, 1.165) is 17.4 Å². The van der Waals surface area contributed by atoms with Crippen molar-refractivity contribution in [2.75, 3.05) is 23.7 Å². The van der Waals surface area contributed by atoms with E-state index < -0.39 is 0 Å². The lowest BCUT2D eigenvalue weighted by atomic mass is 10.1. The first-order valence-corrected chi connectivity index (χ1v) is 7.92. The normalized spacial score (nSPS) is 11.1. The Morgan fingerprint density at radius 1 is 1.29 bits per heavy atom. The van der Waals surface area contributed by atoms with Crippen molar-refractivity contribution in [3.8, 4) is 0 Å².